The zero-order chi connectivity index (χ0) is 22.0. The topological polar surface area (TPSA) is 83.6 Å². The lowest BCUT2D eigenvalue weighted by molar-refractivity contribution is -0.115. The molecule has 0 radical (unpaired) electrons. The molecule has 0 aliphatic heterocycles. The van der Waals surface area contributed by atoms with Crippen molar-refractivity contribution in [3.63, 3.8) is 0 Å². The summed E-state index contributed by atoms with van der Waals surface area (Å²) in [6.45, 7) is 5.97. The minimum atomic E-state index is -0.387. The number of nitrogens with zero attached hydrogens (tertiary/aromatic N) is 4. The first-order valence-electron chi connectivity index (χ1n) is 10.5. The molecule has 31 heavy (non-hydrogen) atoms. The zero-order valence-electron chi connectivity index (χ0n) is 17.9. The zero-order valence-corrected chi connectivity index (χ0v) is 19.6. The standard InChI is InChI=1S/C23H25N5OS2/c1-14-9-10-19(15(2)11-14)28-13-25-27-23(28)30-16(3)21(29)26-22-18(12-24)17-7-5-4-6-8-20(17)31-22/h9-11,13,16H,4-8H2,1-3H3,(H,26,29). The van der Waals surface area contributed by atoms with E-state index in [2.05, 4.69) is 47.6 Å². The molecule has 0 saturated heterocycles. The van der Waals surface area contributed by atoms with Gasteiger partial charge in [-0.2, -0.15) is 5.26 Å². The summed E-state index contributed by atoms with van der Waals surface area (Å²) in [5, 5.41) is 22.0. The Bertz CT molecular complexity index is 1160. The predicted molar refractivity (Wildman–Crippen MR) is 125 cm³/mol. The Balaban J connectivity index is 1.51. The van der Waals surface area contributed by atoms with Gasteiger partial charge >= 0.3 is 0 Å². The molecule has 8 heteroatoms. The van der Waals surface area contributed by atoms with Crippen molar-refractivity contribution in [2.45, 2.75) is 63.3 Å². The Hall–Kier alpha value is -2.63. The molecule has 0 bridgehead atoms. The highest BCUT2D eigenvalue weighted by Gasteiger charge is 2.24. The summed E-state index contributed by atoms with van der Waals surface area (Å²) in [7, 11) is 0. The number of rotatable bonds is 5. The number of nitrogens with one attached hydrogen (secondary N) is 1. The summed E-state index contributed by atoms with van der Waals surface area (Å²) >= 11 is 2.92. The van der Waals surface area contributed by atoms with Crippen LogP contribution < -0.4 is 5.32 Å². The first-order chi connectivity index (χ1) is 15.0. The lowest BCUT2D eigenvalue weighted by Gasteiger charge is -2.13. The Labute approximate surface area is 190 Å². The van der Waals surface area contributed by atoms with E-state index in [1.54, 1.807) is 17.7 Å². The van der Waals surface area contributed by atoms with Crippen LogP contribution in [0.15, 0.2) is 29.7 Å². The molecule has 1 aliphatic rings. The molecular weight excluding hydrogens is 426 g/mol. The van der Waals surface area contributed by atoms with E-state index in [9.17, 15) is 10.1 Å². The number of aromatic nitrogens is 3. The number of thiophene rings is 1. The Morgan fingerprint density at radius 3 is 2.87 bits per heavy atom. The van der Waals surface area contributed by atoms with Gasteiger partial charge in [0.25, 0.3) is 0 Å². The maximum atomic E-state index is 13.0. The number of thioether (sulfide) groups is 1. The van der Waals surface area contributed by atoms with Crippen LogP contribution in [0.1, 0.15) is 53.3 Å². The number of carbonyl (C=O) groups excluding carboxylic acids is 1. The maximum absolute atomic E-state index is 13.0. The second-order valence-corrected chi connectivity index (χ2v) is 10.3. The summed E-state index contributed by atoms with van der Waals surface area (Å²) in [5.41, 5.74) is 5.09. The van der Waals surface area contributed by atoms with Crippen molar-refractivity contribution in [2.75, 3.05) is 5.32 Å². The van der Waals surface area contributed by atoms with Gasteiger partial charge in [0, 0.05) is 4.88 Å². The smallest absolute Gasteiger partial charge is 0.238 e. The molecule has 2 aromatic heterocycles. The van der Waals surface area contributed by atoms with Crippen LogP contribution in [-0.4, -0.2) is 25.9 Å². The fourth-order valence-electron chi connectivity index (χ4n) is 3.92. The van der Waals surface area contributed by atoms with E-state index in [4.69, 9.17) is 0 Å². The maximum Gasteiger partial charge on any atom is 0.238 e. The molecule has 1 amide bonds. The van der Waals surface area contributed by atoms with Crippen LogP contribution in [-0.2, 0) is 17.6 Å². The second kappa shape index (κ2) is 9.25. The minimum Gasteiger partial charge on any atom is -0.316 e. The molecule has 0 fully saturated rings. The largest absolute Gasteiger partial charge is 0.316 e. The first-order valence-corrected chi connectivity index (χ1v) is 12.2. The number of benzene rings is 1. The van der Waals surface area contributed by atoms with Gasteiger partial charge in [-0.15, -0.1) is 21.5 Å². The van der Waals surface area contributed by atoms with Gasteiger partial charge in [-0.05, 0) is 63.6 Å². The van der Waals surface area contributed by atoms with E-state index >= 15 is 0 Å². The predicted octanol–water partition coefficient (Wildman–Crippen LogP) is 5.21. The van der Waals surface area contributed by atoms with Crippen molar-refractivity contribution in [3.05, 3.63) is 51.7 Å². The molecule has 1 aromatic carbocycles. The summed E-state index contributed by atoms with van der Waals surface area (Å²) in [5.74, 6) is -0.131. The molecule has 0 spiro atoms. The number of amides is 1. The van der Waals surface area contributed by atoms with E-state index in [1.165, 1.54) is 28.6 Å². The van der Waals surface area contributed by atoms with Gasteiger partial charge in [0.15, 0.2) is 5.16 Å². The lowest BCUT2D eigenvalue weighted by atomic mass is 10.1. The molecule has 1 N–H and O–H groups in total. The fraction of sp³-hybridized carbons (Fsp3) is 0.391. The highest BCUT2D eigenvalue weighted by atomic mass is 32.2. The molecule has 2 heterocycles. The fourth-order valence-corrected chi connectivity index (χ4v) is 6.00. The highest BCUT2D eigenvalue weighted by Crippen LogP contribution is 2.37. The molecule has 160 valence electrons. The van der Waals surface area contributed by atoms with E-state index in [0.29, 0.717) is 15.7 Å². The second-order valence-electron chi connectivity index (χ2n) is 7.90. The van der Waals surface area contributed by atoms with Crippen LogP contribution in [0.2, 0.25) is 0 Å². The van der Waals surface area contributed by atoms with Crippen LogP contribution in [0.5, 0.6) is 0 Å². The molecular formula is C23H25N5OS2. The van der Waals surface area contributed by atoms with Crippen molar-refractivity contribution in [2.24, 2.45) is 0 Å². The highest BCUT2D eigenvalue weighted by molar-refractivity contribution is 8.00. The van der Waals surface area contributed by atoms with Gasteiger partial charge in [-0.1, -0.05) is 35.9 Å². The average Bonchev–Trinajstić information content (AvgIpc) is 3.24. The quantitative estimate of drug-likeness (QED) is 0.425. The van der Waals surface area contributed by atoms with E-state index < -0.39 is 0 Å². The summed E-state index contributed by atoms with van der Waals surface area (Å²) in [6.07, 6.45) is 7.04. The Morgan fingerprint density at radius 1 is 1.29 bits per heavy atom. The number of hydrogen-bond donors (Lipinski definition) is 1. The third-order valence-electron chi connectivity index (χ3n) is 5.55. The third kappa shape index (κ3) is 4.53. The normalized spacial score (nSPS) is 14.4. The van der Waals surface area contributed by atoms with E-state index in [1.807, 2.05) is 17.6 Å². The SMILES string of the molecule is Cc1ccc(-n2cnnc2SC(C)C(=O)Nc2sc3c(c2C#N)CCCCC3)c(C)c1. The van der Waals surface area contributed by atoms with Gasteiger partial charge in [-0.25, -0.2) is 0 Å². The number of carbonyl (C=O) groups is 1. The van der Waals surface area contributed by atoms with Crippen molar-refractivity contribution < 1.29 is 4.79 Å². The summed E-state index contributed by atoms with van der Waals surface area (Å²) < 4.78 is 1.91. The molecule has 1 aliphatic carbocycles. The molecule has 0 saturated carbocycles. The first kappa shape index (κ1) is 21.6. The monoisotopic (exact) mass is 451 g/mol. The van der Waals surface area contributed by atoms with Crippen LogP contribution in [0.3, 0.4) is 0 Å². The Kier molecular flexibility index (Phi) is 6.44. The van der Waals surface area contributed by atoms with Gasteiger partial charge in [0.1, 0.15) is 17.4 Å². The van der Waals surface area contributed by atoms with Gasteiger partial charge < -0.3 is 5.32 Å². The number of fused-ring (bicyclic) bond motifs is 1. The van der Waals surface area contributed by atoms with Crippen molar-refractivity contribution >= 4 is 34.0 Å². The van der Waals surface area contributed by atoms with Gasteiger partial charge in [-0.3, -0.25) is 9.36 Å². The third-order valence-corrected chi connectivity index (χ3v) is 7.81. The number of aryl methyl sites for hydroxylation is 3. The molecule has 6 nitrogen and oxygen atoms in total. The van der Waals surface area contributed by atoms with Gasteiger partial charge in [0.2, 0.25) is 5.91 Å². The summed E-state index contributed by atoms with van der Waals surface area (Å²) in [6, 6.07) is 8.54. The number of anilines is 1. The van der Waals surface area contributed by atoms with Crippen LogP contribution in [0.4, 0.5) is 5.00 Å². The molecule has 4 rings (SSSR count). The van der Waals surface area contributed by atoms with Crippen molar-refractivity contribution in [1.29, 1.82) is 5.26 Å². The van der Waals surface area contributed by atoms with Crippen molar-refractivity contribution in [1.82, 2.24) is 14.8 Å². The van der Waals surface area contributed by atoms with E-state index in [0.717, 1.165) is 42.5 Å². The van der Waals surface area contributed by atoms with Crippen LogP contribution >= 0.6 is 23.1 Å². The minimum absolute atomic E-state index is 0.131. The van der Waals surface area contributed by atoms with Gasteiger partial charge in [0.05, 0.1) is 16.5 Å². The Morgan fingerprint density at radius 2 is 2.10 bits per heavy atom. The molecule has 1 atom stereocenters. The van der Waals surface area contributed by atoms with Crippen LogP contribution in [0, 0.1) is 25.2 Å². The van der Waals surface area contributed by atoms with E-state index in [-0.39, 0.29) is 11.2 Å². The lowest BCUT2D eigenvalue weighted by Crippen LogP contribution is -2.22. The number of nitriles is 1. The summed E-state index contributed by atoms with van der Waals surface area (Å²) in [4.78, 5) is 14.2. The molecule has 3 aromatic rings. The molecule has 1 unspecified atom stereocenters. The van der Waals surface area contributed by atoms with Crippen molar-refractivity contribution in [3.8, 4) is 11.8 Å². The number of hydrogen-bond acceptors (Lipinski definition) is 6. The van der Waals surface area contributed by atoms with Crippen LogP contribution in [0.25, 0.3) is 5.69 Å². The average molecular weight is 452 g/mol.